The summed E-state index contributed by atoms with van der Waals surface area (Å²) >= 11 is 0. The SMILES string of the molecule is CCC.FC(F)(F)c1cc2c(NCc3cncnc3)ncnc2[nH]1. The highest BCUT2D eigenvalue weighted by molar-refractivity contribution is 5.87. The molecule has 0 fully saturated rings. The van der Waals surface area contributed by atoms with E-state index in [-0.39, 0.29) is 11.0 Å². The third kappa shape index (κ3) is 4.40. The van der Waals surface area contributed by atoms with E-state index < -0.39 is 11.9 Å². The zero-order chi connectivity index (χ0) is 17.6. The number of alkyl halides is 3. The molecule has 0 amide bonds. The van der Waals surface area contributed by atoms with Gasteiger partial charge in [0.1, 0.15) is 29.8 Å². The van der Waals surface area contributed by atoms with Gasteiger partial charge in [0.25, 0.3) is 0 Å². The molecule has 2 N–H and O–H groups in total. The third-order valence-electron chi connectivity index (χ3n) is 2.81. The molecule has 0 spiro atoms. The summed E-state index contributed by atoms with van der Waals surface area (Å²) in [4.78, 5) is 17.7. The molecule has 0 radical (unpaired) electrons. The summed E-state index contributed by atoms with van der Waals surface area (Å²) in [6.07, 6.45) is 2.61. The van der Waals surface area contributed by atoms with Crippen LogP contribution in [0, 0.1) is 0 Å². The van der Waals surface area contributed by atoms with Crippen LogP contribution in [-0.2, 0) is 12.7 Å². The van der Waals surface area contributed by atoms with Crippen LogP contribution in [0.1, 0.15) is 31.5 Å². The smallest absolute Gasteiger partial charge is 0.365 e. The lowest BCUT2D eigenvalue weighted by Crippen LogP contribution is -2.04. The van der Waals surface area contributed by atoms with Crippen LogP contribution in [0.5, 0.6) is 0 Å². The second-order valence-corrected chi connectivity index (χ2v) is 4.97. The van der Waals surface area contributed by atoms with Crippen molar-refractivity contribution in [3.8, 4) is 0 Å². The molecule has 0 atom stereocenters. The molecule has 0 aromatic carbocycles. The molecular formula is C15H17F3N6. The molecule has 0 bridgehead atoms. The van der Waals surface area contributed by atoms with E-state index in [1.54, 1.807) is 12.4 Å². The molecule has 0 unspecified atom stereocenters. The Balaban J connectivity index is 0.000000647. The van der Waals surface area contributed by atoms with Gasteiger partial charge in [0.15, 0.2) is 0 Å². The molecule has 6 nitrogen and oxygen atoms in total. The molecule has 3 heterocycles. The summed E-state index contributed by atoms with van der Waals surface area (Å²) in [6.45, 7) is 4.60. The normalized spacial score (nSPS) is 11.0. The van der Waals surface area contributed by atoms with Gasteiger partial charge in [-0.1, -0.05) is 20.3 Å². The Morgan fingerprint density at radius 2 is 1.75 bits per heavy atom. The molecule has 0 aliphatic carbocycles. The molecule has 0 saturated carbocycles. The van der Waals surface area contributed by atoms with Crippen molar-refractivity contribution in [1.29, 1.82) is 0 Å². The van der Waals surface area contributed by atoms with Crippen molar-refractivity contribution in [2.75, 3.05) is 5.32 Å². The first-order valence-corrected chi connectivity index (χ1v) is 7.34. The fourth-order valence-electron chi connectivity index (χ4n) is 1.84. The van der Waals surface area contributed by atoms with Crippen molar-refractivity contribution in [2.45, 2.75) is 33.0 Å². The number of rotatable bonds is 3. The summed E-state index contributed by atoms with van der Waals surface area (Å²) < 4.78 is 38.1. The lowest BCUT2D eigenvalue weighted by molar-refractivity contribution is -0.140. The van der Waals surface area contributed by atoms with Crippen molar-refractivity contribution in [3.05, 3.63) is 42.4 Å². The molecule has 3 rings (SSSR count). The minimum atomic E-state index is -4.45. The maximum absolute atomic E-state index is 12.7. The van der Waals surface area contributed by atoms with Crippen molar-refractivity contribution in [2.24, 2.45) is 0 Å². The zero-order valence-electron chi connectivity index (χ0n) is 13.2. The van der Waals surface area contributed by atoms with Crippen LogP contribution in [0.25, 0.3) is 11.0 Å². The molecular weight excluding hydrogens is 321 g/mol. The van der Waals surface area contributed by atoms with Crippen molar-refractivity contribution < 1.29 is 13.2 Å². The Labute approximate surface area is 136 Å². The van der Waals surface area contributed by atoms with Crippen molar-refractivity contribution in [1.82, 2.24) is 24.9 Å². The first kappa shape index (κ1) is 17.6. The fraction of sp³-hybridized carbons (Fsp3) is 0.333. The number of aromatic amines is 1. The third-order valence-corrected chi connectivity index (χ3v) is 2.81. The molecule has 9 heteroatoms. The Bertz CT molecular complexity index is 770. The van der Waals surface area contributed by atoms with Crippen LogP contribution in [0.15, 0.2) is 31.1 Å². The van der Waals surface area contributed by atoms with Crippen molar-refractivity contribution in [3.63, 3.8) is 0 Å². The van der Waals surface area contributed by atoms with Gasteiger partial charge in [0.2, 0.25) is 0 Å². The fourth-order valence-corrected chi connectivity index (χ4v) is 1.84. The second-order valence-electron chi connectivity index (χ2n) is 4.97. The number of H-pyrrole nitrogens is 1. The largest absolute Gasteiger partial charge is 0.431 e. The highest BCUT2D eigenvalue weighted by atomic mass is 19.4. The van der Waals surface area contributed by atoms with Gasteiger partial charge in [0.05, 0.1) is 5.39 Å². The van der Waals surface area contributed by atoms with Crippen molar-refractivity contribution >= 4 is 16.9 Å². The van der Waals surface area contributed by atoms with E-state index in [1.807, 2.05) is 0 Å². The van der Waals surface area contributed by atoms with Crippen LogP contribution in [0.2, 0.25) is 0 Å². The first-order chi connectivity index (χ1) is 11.5. The molecule has 24 heavy (non-hydrogen) atoms. The van der Waals surface area contributed by atoms with Gasteiger partial charge in [-0.05, 0) is 6.07 Å². The molecule has 0 aliphatic rings. The zero-order valence-corrected chi connectivity index (χ0v) is 13.2. The lowest BCUT2D eigenvalue weighted by atomic mass is 10.3. The van der Waals surface area contributed by atoms with Gasteiger partial charge in [0, 0.05) is 24.5 Å². The lowest BCUT2D eigenvalue weighted by Gasteiger charge is -2.05. The predicted molar refractivity (Wildman–Crippen MR) is 84.2 cm³/mol. The van der Waals surface area contributed by atoms with E-state index in [9.17, 15) is 13.2 Å². The maximum atomic E-state index is 12.7. The van der Waals surface area contributed by atoms with Crippen LogP contribution >= 0.6 is 0 Å². The standard InChI is InChI=1S/C12H9F3N6.C3H8/c13-12(14,15)9-1-8-10(19-6-20-11(8)21-9)18-4-7-2-16-5-17-3-7;1-3-2/h1-3,5-6H,4H2,(H2,18,19,20,21);3H2,1-2H3. The Hall–Kier alpha value is -2.71. The molecule has 0 aliphatic heterocycles. The number of anilines is 1. The number of halogens is 3. The molecule has 128 valence electrons. The average Bonchev–Trinajstić information content (AvgIpc) is 3.00. The van der Waals surface area contributed by atoms with E-state index in [2.05, 4.69) is 44.1 Å². The van der Waals surface area contributed by atoms with Crippen LogP contribution in [0.3, 0.4) is 0 Å². The number of nitrogens with one attached hydrogen (secondary N) is 2. The Kier molecular flexibility index (Phi) is 5.67. The van der Waals surface area contributed by atoms with Crippen LogP contribution < -0.4 is 5.32 Å². The summed E-state index contributed by atoms with van der Waals surface area (Å²) in [7, 11) is 0. The summed E-state index contributed by atoms with van der Waals surface area (Å²) in [5, 5.41) is 3.23. The number of hydrogen-bond acceptors (Lipinski definition) is 5. The molecule has 3 aromatic rings. The number of fused-ring (bicyclic) bond motifs is 1. The van der Waals surface area contributed by atoms with Gasteiger partial charge in [-0.2, -0.15) is 13.2 Å². The molecule has 3 aromatic heterocycles. The Morgan fingerprint density at radius 3 is 2.38 bits per heavy atom. The van der Waals surface area contributed by atoms with E-state index in [4.69, 9.17) is 0 Å². The highest BCUT2D eigenvalue weighted by Gasteiger charge is 2.33. The van der Waals surface area contributed by atoms with Gasteiger partial charge in [-0.15, -0.1) is 0 Å². The number of hydrogen-bond donors (Lipinski definition) is 2. The van der Waals surface area contributed by atoms with E-state index >= 15 is 0 Å². The topological polar surface area (TPSA) is 79.4 Å². The van der Waals surface area contributed by atoms with Crippen LogP contribution in [0.4, 0.5) is 19.0 Å². The minimum absolute atomic E-state index is 0.129. The summed E-state index contributed by atoms with van der Waals surface area (Å²) in [5.41, 5.74) is 0.0593. The average molecular weight is 338 g/mol. The van der Waals surface area contributed by atoms with Gasteiger partial charge in [-0.25, -0.2) is 19.9 Å². The number of nitrogens with zero attached hydrogens (tertiary/aromatic N) is 4. The quantitative estimate of drug-likeness (QED) is 0.759. The van der Waals surface area contributed by atoms with E-state index in [0.29, 0.717) is 12.4 Å². The van der Waals surface area contributed by atoms with Gasteiger partial charge < -0.3 is 10.3 Å². The van der Waals surface area contributed by atoms with E-state index in [1.165, 1.54) is 19.1 Å². The highest BCUT2D eigenvalue weighted by Crippen LogP contribution is 2.32. The summed E-state index contributed by atoms with van der Waals surface area (Å²) in [6, 6.07) is 0.985. The van der Waals surface area contributed by atoms with Crippen LogP contribution in [-0.4, -0.2) is 24.9 Å². The second kappa shape index (κ2) is 7.71. The minimum Gasteiger partial charge on any atom is -0.365 e. The maximum Gasteiger partial charge on any atom is 0.431 e. The van der Waals surface area contributed by atoms with E-state index in [0.717, 1.165) is 11.6 Å². The predicted octanol–water partition coefficient (Wildman–Crippen LogP) is 3.80. The van der Waals surface area contributed by atoms with Gasteiger partial charge >= 0.3 is 6.18 Å². The monoisotopic (exact) mass is 338 g/mol. The Morgan fingerprint density at radius 1 is 1.08 bits per heavy atom. The van der Waals surface area contributed by atoms with Gasteiger partial charge in [-0.3, -0.25) is 0 Å². The first-order valence-electron chi connectivity index (χ1n) is 7.34. The molecule has 0 saturated heterocycles. The number of aromatic nitrogens is 5. The summed E-state index contributed by atoms with van der Waals surface area (Å²) in [5.74, 6) is 0.315.